The van der Waals surface area contributed by atoms with E-state index in [4.69, 9.17) is 0 Å². The summed E-state index contributed by atoms with van der Waals surface area (Å²) in [5, 5.41) is 20.7. The van der Waals surface area contributed by atoms with Gasteiger partial charge in [0.15, 0.2) is 0 Å². The molecule has 0 saturated carbocycles. The fraction of sp³-hybridized carbons (Fsp3) is 0.571. The smallest absolute Gasteiger partial charge is 0.108 e. The molecule has 0 aliphatic rings. The van der Waals surface area contributed by atoms with Gasteiger partial charge in [-0.15, -0.1) is 0 Å². The molecule has 0 fully saturated rings. The molecule has 2 heteroatoms. The molecule has 0 unspecified atom stereocenters. The van der Waals surface area contributed by atoms with E-state index < -0.39 is 11.7 Å². The average molecular weight is 222 g/mol. The van der Waals surface area contributed by atoms with E-state index in [0.717, 1.165) is 18.4 Å². The SMILES string of the molecule is CCCC(O)(CCC)[C@@H](O)c1ccccc1. The molecule has 0 radical (unpaired) electrons. The number of aliphatic hydroxyl groups is 2. The maximum atomic E-state index is 10.5. The lowest BCUT2D eigenvalue weighted by Crippen LogP contribution is -2.36. The molecular weight excluding hydrogens is 200 g/mol. The van der Waals surface area contributed by atoms with E-state index in [2.05, 4.69) is 0 Å². The Hall–Kier alpha value is -0.860. The van der Waals surface area contributed by atoms with E-state index in [0.29, 0.717) is 12.8 Å². The highest BCUT2D eigenvalue weighted by Crippen LogP contribution is 2.33. The van der Waals surface area contributed by atoms with Gasteiger partial charge < -0.3 is 10.2 Å². The van der Waals surface area contributed by atoms with Gasteiger partial charge in [-0.1, -0.05) is 57.0 Å². The van der Waals surface area contributed by atoms with Gasteiger partial charge in [0, 0.05) is 0 Å². The topological polar surface area (TPSA) is 40.5 Å². The van der Waals surface area contributed by atoms with Crippen LogP contribution in [0.1, 0.15) is 51.2 Å². The molecule has 0 aliphatic heterocycles. The highest BCUT2D eigenvalue weighted by atomic mass is 16.3. The lowest BCUT2D eigenvalue weighted by atomic mass is 9.83. The third-order valence-corrected chi connectivity index (χ3v) is 2.99. The molecule has 2 N–H and O–H groups in total. The first-order valence-electron chi connectivity index (χ1n) is 6.09. The predicted octanol–water partition coefficient (Wildman–Crippen LogP) is 3.05. The Balaban J connectivity index is 2.86. The van der Waals surface area contributed by atoms with Crippen LogP contribution in [-0.2, 0) is 0 Å². The van der Waals surface area contributed by atoms with E-state index in [1.54, 1.807) is 0 Å². The van der Waals surface area contributed by atoms with Crippen LogP contribution < -0.4 is 0 Å². The third-order valence-electron chi connectivity index (χ3n) is 2.99. The number of aliphatic hydroxyl groups excluding tert-OH is 1. The molecule has 1 aromatic carbocycles. The van der Waals surface area contributed by atoms with Crippen molar-refractivity contribution >= 4 is 0 Å². The first-order chi connectivity index (χ1) is 7.64. The van der Waals surface area contributed by atoms with Crippen molar-refractivity contribution in [1.29, 1.82) is 0 Å². The first-order valence-corrected chi connectivity index (χ1v) is 6.09. The van der Waals surface area contributed by atoms with Gasteiger partial charge in [0.25, 0.3) is 0 Å². The van der Waals surface area contributed by atoms with Gasteiger partial charge in [-0.3, -0.25) is 0 Å². The van der Waals surface area contributed by atoms with Crippen molar-refractivity contribution in [3.8, 4) is 0 Å². The maximum Gasteiger partial charge on any atom is 0.108 e. The van der Waals surface area contributed by atoms with Crippen LogP contribution in [0.4, 0.5) is 0 Å². The summed E-state index contributed by atoms with van der Waals surface area (Å²) < 4.78 is 0. The molecule has 0 saturated heterocycles. The minimum atomic E-state index is -0.981. The van der Waals surface area contributed by atoms with Crippen LogP contribution in [0.25, 0.3) is 0 Å². The van der Waals surface area contributed by atoms with Crippen LogP contribution >= 0.6 is 0 Å². The summed E-state index contributed by atoms with van der Waals surface area (Å²) in [5.74, 6) is 0. The Labute approximate surface area is 97.9 Å². The first kappa shape index (κ1) is 13.2. The Morgan fingerprint density at radius 3 is 2.00 bits per heavy atom. The van der Waals surface area contributed by atoms with Gasteiger partial charge in [-0.2, -0.15) is 0 Å². The van der Waals surface area contributed by atoms with E-state index >= 15 is 0 Å². The summed E-state index contributed by atoms with van der Waals surface area (Å²) in [4.78, 5) is 0. The van der Waals surface area contributed by atoms with Gasteiger partial charge in [0.2, 0.25) is 0 Å². The third kappa shape index (κ3) is 3.06. The van der Waals surface area contributed by atoms with Gasteiger partial charge in [0.05, 0.1) is 5.60 Å². The second-order valence-electron chi connectivity index (χ2n) is 4.42. The maximum absolute atomic E-state index is 10.5. The molecule has 1 rings (SSSR count). The molecule has 90 valence electrons. The summed E-state index contributed by atoms with van der Waals surface area (Å²) in [6.45, 7) is 4.05. The van der Waals surface area contributed by atoms with Crippen molar-refractivity contribution in [1.82, 2.24) is 0 Å². The van der Waals surface area contributed by atoms with Crippen molar-refractivity contribution in [3.05, 3.63) is 35.9 Å². The van der Waals surface area contributed by atoms with E-state index in [-0.39, 0.29) is 0 Å². The fourth-order valence-corrected chi connectivity index (χ4v) is 2.21. The molecule has 2 nitrogen and oxygen atoms in total. The highest BCUT2D eigenvalue weighted by molar-refractivity contribution is 5.20. The molecule has 1 atom stereocenters. The van der Waals surface area contributed by atoms with Crippen LogP contribution in [0.2, 0.25) is 0 Å². The molecular formula is C14H22O2. The van der Waals surface area contributed by atoms with E-state index in [1.165, 1.54) is 0 Å². The lowest BCUT2D eigenvalue weighted by molar-refractivity contribution is -0.0889. The zero-order valence-electron chi connectivity index (χ0n) is 10.2. The van der Waals surface area contributed by atoms with Crippen molar-refractivity contribution in [2.24, 2.45) is 0 Å². The zero-order valence-corrected chi connectivity index (χ0v) is 10.2. The van der Waals surface area contributed by atoms with Gasteiger partial charge in [-0.25, -0.2) is 0 Å². The summed E-state index contributed by atoms with van der Waals surface area (Å²) in [6.07, 6.45) is 2.24. The second kappa shape index (κ2) is 6.02. The van der Waals surface area contributed by atoms with Crippen LogP contribution in [-0.4, -0.2) is 15.8 Å². The molecule has 1 aromatic rings. The normalized spacial score (nSPS) is 13.8. The summed E-state index contributed by atoms with van der Waals surface area (Å²) in [6, 6.07) is 9.41. The highest BCUT2D eigenvalue weighted by Gasteiger charge is 2.34. The molecule has 0 spiro atoms. The number of hydrogen-bond acceptors (Lipinski definition) is 2. The molecule has 0 aromatic heterocycles. The average Bonchev–Trinajstić information content (AvgIpc) is 2.30. The minimum Gasteiger partial charge on any atom is -0.387 e. The molecule has 0 aliphatic carbocycles. The van der Waals surface area contributed by atoms with Crippen LogP contribution in [0, 0.1) is 0 Å². The molecule has 0 heterocycles. The molecule has 0 amide bonds. The number of hydrogen-bond donors (Lipinski definition) is 2. The van der Waals surface area contributed by atoms with Crippen molar-refractivity contribution in [2.75, 3.05) is 0 Å². The standard InChI is InChI=1S/C14H22O2/c1-3-10-14(16,11-4-2)13(15)12-8-6-5-7-9-12/h5-9,13,15-16H,3-4,10-11H2,1-2H3/t13-/m0/s1. The Bertz CT molecular complexity index is 289. The largest absolute Gasteiger partial charge is 0.387 e. The summed E-state index contributed by atoms with van der Waals surface area (Å²) >= 11 is 0. The van der Waals surface area contributed by atoms with Crippen LogP contribution in [0.15, 0.2) is 30.3 Å². The van der Waals surface area contributed by atoms with Crippen molar-refractivity contribution in [3.63, 3.8) is 0 Å². The zero-order chi connectivity index (χ0) is 12.0. The summed E-state index contributed by atoms with van der Waals surface area (Å²) in [7, 11) is 0. The number of rotatable bonds is 6. The van der Waals surface area contributed by atoms with Crippen LogP contribution in [0.3, 0.4) is 0 Å². The van der Waals surface area contributed by atoms with Gasteiger partial charge in [0.1, 0.15) is 6.10 Å². The lowest BCUT2D eigenvalue weighted by Gasteiger charge is -2.33. The van der Waals surface area contributed by atoms with Gasteiger partial charge in [-0.05, 0) is 18.4 Å². The number of benzene rings is 1. The Morgan fingerprint density at radius 1 is 1.06 bits per heavy atom. The fourth-order valence-electron chi connectivity index (χ4n) is 2.21. The molecule has 16 heavy (non-hydrogen) atoms. The monoisotopic (exact) mass is 222 g/mol. The summed E-state index contributed by atoms with van der Waals surface area (Å²) in [5.41, 5.74) is -0.183. The van der Waals surface area contributed by atoms with Crippen molar-refractivity contribution in [2.45, 2.75) is 51.2 Å². The van der Waals surface area contributed by atoms with Gasteiger partial charge >= 0.3 is 0 Å². The van der Waals surface area contributed by atoms with E-state index in [1.807, 2.05) is 44.2 Å². The molecule has 0 bridgehead atoms. The minimum absolute atomic E-state index is 0.636. The Morgan fingerprint density at radius 2 is 1.56 bits per heavy atom. The predicted molar refractivity (Wildman–Crippen MR) is 66.2 cm³/mol. The second-order valence-corrected chi connectivity index (χ2v) is 4.42. The quantitative estimate of drug-likeness (QED) is 0.776. The van der Waals surface area contributed by atoms with Crippen molar-refractivity contribution < 1.29 is 10.2 Å². The van der Waals surface area contributed by atoms with E-state index in [9.17, 15) is 10.2 Å². The Kier molecular flexibility index (Phi) is 4.97. The van der Waals surface area contributed by atoms with Crippen LogP contribution in [0.5, 0.6) is 0 Å².